The fraction of sp³-hybridized carbons (Fsp3) is 0.500. The van der Waals surface area contributed by atoms with Gasteiger partial charge in [0.05, 0.1) is 0 Å². The molecule has 0 heteroatoms. The van der Waals surface area contributed by atoms with Gasteiger partial charge in [0.25, 0.3) is 0 Å². The van der Waals surface area contributed by atoms with E-state index in [-0.39, 0.29) is 0 Å². The highest BCUT2D eigenvalue weighted by Crippen LogP contribution is 2.35. The number of hydrogen-bond acceptors (Lipinski definition) is 0. The van der Waals surface area contributed by atoms with Crippen LogP contribution in [0.3, 0.4) is 0 Å². The molecule has 1 aliphatic carbocycles. The first kappa shape index (κ1) is 20.7. The molecule has 1 saturated carbocycles. The summed E-state index contributed by atoms with van der Waals surface area (Å²) in [6.07, 6.45) is 13.0. The van der Waals surface area contributed by atoms with Gasteiger partial charge in [0.2, 0.25) is 0 Å². The Kier molecular flexibility index (Phi) is 8.23. The SMILES string of the molecule is CCCCCCCc1ccc(C#CC2CCC(c3ccc(C)cc3)CC2)cc1. The van der Waals surface area contributed by atoms with Gasteiger partial charge in [-0.15, -0.1) is 0 Å². The van der Waals surface area contributed by atoms with Crippen LogP contribution in [0, 0.1) is 24.7 Å². The van der Waals surface area contributed by atoms with Crippen molar-refractivity contribution in [3.63, 3.8) is 0 Å². The molecule has 0 radical (unpaired) electrons. The summed E-state index contributed by atoms with van der Waals surface area (Å²) < 4.78 is 0. The van der Waals surface area contributed by atoms with E-state index < -0.39 is 0 Å². The van der Waals surface area contributed by atoms with E-state index in [2.05, 4.69) is 74.2 Å². The Balaban J connectivity index is 1.43. The van der Waals surface area contributed by atoms with Gasteiger partial charge in [-0.25, -0.2) is 0 Å². The number of hydrogen-bond donors (Lipinski definition) is 0. The summed E-state index contributed by atoms with van der Waals surface area (Å²) in [7, 11) is 0. The largest absolute Gasteiger partial charge is 0.0945 e. The van der Waals surface area contributed by atoms with Crippen LogP contribution < -0.4 is 0 Å². The summed E-state index contributed by atoms with van der Waals surface area (Å²) in [5, 5.41) is 0. The topological polar surface area (TPSA) is 0 Å². The summed E-state index contributed by atoms with van der Waals surface area (Å²) in [6, 6.07) is 18.1. The van der Waals surface area contributed by atoms with Gasteiger partial charge in [0, 0.05) is 11.5 Å². The molecule has 0 spiro atoms. The first-order valence-corrected chi connectivity index (χ1v) is 11.4. The van der Waals surface area contributed by atoms with Gasteiger partial charge in [-0.3, -0.25) is 0 Å². The minimum Gasteiger partial charge on any atom is -0.0945 e. The van der Waals surface area contributed by atoms with Crippen molar-refractivity contribution in [3.05, 3.63) is 70.8 Å². The minimum absolute atomic E-state index is 0.569. The maximum absolute atomic E-state index is 3.55. The van der Waals surface area contributed by atoms with E-state index in [9.17, 15) is 0 Å². The zero-order valence-corrected chi connectivity index (χ0v) is 17.8. The quantitative estimate of drug-likeness (QED) is 0.343. The number of aryl methyl sites for hydroxylation is 2. The van der Waals surface area contributed by atoms with E-state index in [4.69, 9.17) is 0 Å². The molecule has 0 bridgehead atoms. The van der Waals surface area contributed by atoms with E-state index >= 15 is 0 Å². The highest BCUT2D eigenvalue weighted by atomic mass is 14.2. The Bertz CT molecular complexity index is 746. The van der Waals surface area contributed by atoms with Gasteiger partial charge in [0.1, 0.15) is 0 Å². The highest BCUT2D eigenvalue weighted by Gasteiger charge is 2.20. The van der Waals surface area contributed by atoms with Crippen LogP contribution in [0.15, 0.2) is 48.5 Å². The van der Waals surface area contributed by atoms with Gasteiger partial charge >= 0.3 is 0 Å². The van der Waals surface area contributed by atoms with E-state index in [0.29, 0.717) is 5.92 Å². The lowest BCUT2D eigenvalue weighted by atomic mass is 9.79. The van der Waals surface area contributed by atoms with Crippen molar-refractivity contribution >= 4 is 0 Å². The lowest BCUT2D eigenvalue weighted by Gasteiger charge is -2.26. The van der Waals surface area contributed by atoms with E-state index in [1.54, 1.807) is 0 Å². The molecule has 0 saturated heterocycles. The fourth-order valence-corrected chi connectivity index (χ4v) is 4.28. The molecule has 0 unspecified atom stereocenters. The molecule has 0 nitrogen and oxygen atoms in total. The molecule has 2 aromatic carbocycles. The smallest absolute Gasteiger partial charge is 0.0245 e. The van der Waals surface area contributed by atoms with Crippen LogP contribution in [-0.4, -0.2) is 0 Å². The second kappa shape index (κ2) is 11.1. The highest BCUT2D eigenvalue weighted by molar-refractivity contribution is 5.37. The monoisotopic (exact) mass is 372 g/mol. The Morgan fingerprint density at radius 1 is 0.786 bits per heavy atom. The molecule has 0 N–H and O–H groups in total. The summed E-state index contributed by atoms with van der Waals surface area (Å²) in [4.78, 5) is 0. The van der Waals surface area contributed by atoms with Gasteiger partial charge in [-0.2, -0.15) is 0 Å². The molecule has 1 aliphatic rings. The fourth-order valence-electron chi connectivity index (χ4n) is 4.28. The van der Waals surface area contributed by atoms with Crippen LogP contribution in [0.2, 0.25) is 0 Å². The summed E-state index contributed by atoms with van der Waals surface area (Å²) in [5.41, 5.74) is 5.50. The third-order valence-corrected chi connectivity index (χ3v) is 6.22. The molecular formula is C28H36. The predicted octanol–water partition coefficient (Wildman–Crippen LogP) is 7.83. The van der Waals surface area contributed by atoms with Crippen molar-refractivity contribution in [2.24, 2.45) is 5.92 Å². The van der Waals surface area contributed by atoms with Crippen molar-refractivity contribution in [2.45, 2.75) is 84.0 Å². The van der Waals surface area contributed by atoms with Gasteiger partial charge in [0.15, 0.2) is 0 Å². The molecule has 0 aliphatic heterocycles. The maximum Gasteiger partial charge on any atom is 0.0245 e. The Morgan fingerprint density at radius 3 is 2.14 bits per heavy atom. The van der Waals surface area contributed by atoms with Crippen molar-refractivity contribution in [3.8, 4) is 11.8 Å². The molecule has 1 fully saturated rings. The molecule has 2 aromatic rings. The molecule has 0 amide bonds. The number of benzene rings is 2. The molecule has 0 aromatic heterocycles. The predicted molar refractivity (Wildman–Crippen MR) is 122 cm³/mol. The standard InChI is InChI=1S/C28H36/c1-3-4-5-6-7-8-24-11-13-25(14-12-24)15-16-26-17-21-28(22-18-26)27-19-9-23(2)10-20-27/h9-14,19-20,26,28H,3-8,17-18,21-22H2,1-2H3. The number of rotatable bonds is 7. The molecular weight excluding hydrogens is 336 g/mol. The summed E-state index contributed by atoms with van der Waals surface area (Å²) >= 11 is 0. The summed E-state index contributed by atoms with van der Waals surface area (Å²) in [6.45, 7) is 4.44. The Hall–Kier alpha value is -2.00. The lowest BCUT2D eigenvalue weighted by molar-refractivity contribution is 0.384. The van der Waals surface area contributed by atoms with Gasteiger partial charge in [-0.1, -0.05) is 86.4 Å². The first-order chi connectivity index (χ1) is 13.7. The van der Waals surface area contributed by atoms with Crippen LogP contribution >= 0.6 is 0 Å². The maximum atomic E-state index is 3.55. The van der Waals surface area contributed by atoms with Crippen LogP contribution in [0.25, 0.3) is 0 Å². The van der Waals surface area contributed by atoms with Crippen molar-refractivity contribution < 1.29 is 0 Å². The second-order valence-electron chi connectivity index (χ2n) is 8.59. The second-order valence-corrected chi connectivity index (χ2v) is 8.59. The summed E-state index contributed by atoms with van der Waals surface area (Å²) in [5.74, 6) is 8.29. The zero-order valence-electron chi connectivity index (χ0n) is 17.8. The van der Waals surface area contributed by atoms with Crippen LogP contribution in [0.4, 0.5) is 0 Å². The molecule has 0 atom stereocenters. The Morgan fingerprint density at radius 2 is 1.46 bits per heavy atom. The minimum atomic E-state index is 0.569. The third-order valence-electron chi connectivity index (χ3n) is 6.22. The molecule has 0 heterocycles. The van der Waals surface area contributed by atoms with Crippen LogP contribution in [0.5, 0.6) is 0 Å². The lowest BCUT2D eigenvalue weighted by Crippen LogP contribution is -2.12. The van der Waals surface area contributed by atoms with E-state index in [0.717, 1.165) is 5.92 Å². The average Bonchev–Trinajstić information content (AvgIpc) is 2.74. The first-order valence-electron chi connectivity index (χ1n) is 11.4. The third kappa shape index (κ3) is 6.56. The normalized spacial score (nSPS) is 19.1. The van der Waals surface area contributed by atoms with Crippen molar-refractivity contribution in [1.82, 2.24) is 0 Å². The average molecular weight is 373 g/mol. The van der Waals surface area contributed by atoms with Crippen molar-refractivity contribution in [2.75, 3.05) is 0 Å². The number of unbranched alkanes of at least 4 members (excludes halogenated alkanes) is 4. The van der Waals surface area contributed by atoms with Crippen LogP contribution in [0.1, 0.15) is 92.9 Å². The van der Waals surface area contributed by atoms with Gasteiger partial charge in [-0.05, 0) is 74.6 Å². The molecule has 3 rings (SSSR count). The van der Waals surface area contributed by atoms with E-state index in [1.807, 2.05) is 0 Å². The zero-order chi connectivity index (χ0) is 19.6. The Labute approximate surface area is 172 Å². The van der Waals surface area contributed by atoms with Crippen molar-refractivity contribution in [1.29, 1.82) is 0 Å². The van der Waals surface area contributed by atoms with Crippen LogP contribution in [-0.2, 0) is 6.42 Å². The molecule has 148 valence electrons. The van der Waals surface area contributed by atoms with E-state index in [1.165, 1.54) is 86.5 Å². The molecule has 28 heavy (non-hydrogen) atoms. The van der Waals surface area contributed by atoms with Gasteiger partial charge < -0.3 is 0 Å².